The number of allylic oxidation sites excluding steroid dienone is 5. The van der Waals surface area contributed by atoms with E-state index < -0.39 is 0 Å². The molecule has 2 atom stereocenters. The minimum Gasteiger partial charge on any atom is -0.385 e. The summed E-state index contributed by atoms with van der Waals surface area (Å²) in [7, 11) is -0.0991. The SMILES string of the molecule is C=CC1=C(CC)C=C2CCP(Cc3ccccc3C(=C)NCC(C)C)C2(C)C1. The van der Waals surface area contributed by atoms with Crippen molar-refractivity contribution in [1.82, 2.24) is 5.32 Å². The number of fused-ring (bicyclic) bond motifs is 1. The fraction of sp³-hybridized carbons (Fsp3) is 0.462. The molecule has 0 bridgehead atoms. The summed E-state index contributed by atoms with van der Waals surface area (Å²) in [6.07, 6.45) is 10.7. The fourth-order valence-electron chi connectivity index (χ4n) is 4.58. The second kappa shape index (κ2) is 8.83. The molecule has 1 nitrogen and oxygen atoms in total. The van der Waals surface area contributed by atoms with Crippen LogP contribution < -0.4 is 5.32 Å². The minimum atomic E-state index is -0.0991. The van der Waals surface area contributed by atoms with Crippen LogP contribution in [0, 0.1) is 5.92 Å². The topological polar surface area (TPSA) is 12.0 Å². The Labute approximate surface area is 173 Å². The van der Waals surface area contributed by atoms with Crippen LogP contribution in [0.2, 0.25) is 0 Å². The van der Waals surface area contributed by atoms with E-state index in [0.717, 1.165) is 18.7 Å². The molecule has 0 radical (unpaired) electrons. The maximum absolute atomic E-state index is 4.34. The van der Waals surface area contributed by atoms with Gasteiger partial charge in [-0.25, -0.2) is 0 Å². The van der Waals surface area contributed by atoms with Crippen LogP contribution in [-0.4, -0.2) is 17.9 Å². The van der Waals surface area contributed by atoms with E-state index in [4.69, 9.17) is 0 Å². The largest absolute Gasteiger partial charge is 0.385 e. The number of hydrogen-bond donors (Lipinski definition) is 1. The normalized spacial score (nSPS) is 24.2. The number of nitrogens with one attached hydrogen (secondary N) is 1. The summed E-state index contributed by atoms with van der Waals surface area (Å²) in [6, 6.07) is 8.88. The van der Waals surface area contributed by atoms with Crippen molar-refractivity contribution in [3.8, 4) is 0 Å². The maximum atomic E-state index is 4.34. The van der Waals surface area contributed by atoms with E-state index in [1.54, 1.807) is 5.57 Å². The van der Waals surface area contributed by atoms with Gasteiger partial charge in [0.2, 0.25) is 0 Å². The molecule has 150 valence electrons. The molecule has 1 N–H and O–H groups in total. The number of benzene rings is 1. The van der Waals surface area contributed by atoms with Gasteiger partial charge >= 0.3 is 0 Å². The Bertz CT molecular complexity index is 813. The molecule has 0 saturated carbocycles. The summed E-state index contributed by atoms with van der Waals surface area (Å²) in [5.41, 5.74) is 8.50. The van der Waals surface area contributed by atoms with Crippen molar-refractivity contribution < 1.29 is 0 Å². The van der Waals surface area contributed by atoms with E-state index in [1.165, 1.54) is 47.4 Å². The van der Waals surface area contributed by atoms with Crippen LogP contribution in [0.5, 0.6) is 0 Å². The van der Waals surface area contributed by atoms with Gasteiger partial charge in [0, 0.05) is 23.0 Å². The molecule has 3 rings (SSSR count). The van der Waals surface area contributed by atoms with E-state index in [9.17, 15) is 0 Å². The van der Waals surface area contributed by atoms with Crippen molar-refractivity contribution in [2.45, 2.75) is 58.3 Å². The molecule has 0 spiro atoms. The summed E-state index contributed by atoms with van der Waals surface area (Å²) in [5.74, 6) is 0.619. The van der Waals surface area contributed by atoms with Crippen LogP contribution in [0.3, 0.4) is 0 Å². The van der Waals surface area contributed by atoms with Crippen molar-refractivity contribution >= 4 is 13.6 Å². The van der Waals surface area contributed by atoms with Gasteiger partial charge in [0.05, 0.1) is 0 Å². The smallest absolute Gasteiger partial charge is 0.0343 e. The highest BCUT2D eigenvalue weighted by atomic mass is 31.1. The van der Waals surface area contributed by atoms with Crippen molar-refractivity contribution in [2.24, 2.45) is 5.92 Å². The van der Waals surface area contributed by atoms with Crippen LogP contribution in [0.25, 0.3) is 5.70 Å². The number of hydrogen-bond acceptors (Lipinski definition) is 1. The molecule has 0 amide bonds. The van der Waals surface area contributed by atoms with E-state index in [0.29, 0.717) is 11.1 Å². The first-order valence-electron chi connectivity index (χ1n) is 10.7. The summed E-state index contributed by atoms with van der Waals surface area (Å²) in [6.45, 7) is 18.7. The summed E-state index contributed by atoms with van der Waals surface area (Å²) < 4.78 is 0. The molecule has 2 aliphatic rings. The highest BCUT2D eigenvalue weighted by molar-refractivity contribution is 7.59. The van der Waals surface area contributed by atoms with Gasteiger partial charge in [-0.3, -0.25) is 0 Å². The molecule has 1 fully saturated rings. The first-order chi connectivity index (χ1) is 13.4. The van der Waals surface area contributed by atoms with Gasteiger partial charge in [-0.05, 0) is 54.2 Å². The molecule has 1 aromatic rings. The average molecular weight is 394 g/mol. The molecule has 2 heteroatoms. The average Bonchev–Trinajstić information content (AvgIpc) is 3.00. The summed E-state index contributed by atoms with van der Waals surface area (Å²) >= 11 is 0. The Hall–Kier alpha value is -1.59. The molecule has 1 aliphatic heterocycles. The second-order valence-corrected chi connectivity index (χ2v) is 11.6. The molecule has 2 unspecified atom stereocenters. The van der Waals surface area contributed by atoms with Crippen molar-refractivity contribution in [3.63, 3.8) is 0 Å². The van der Waals surface area contributed by atoms with Crippen LogP contribution in [0.15, 0.2) is 66.3 Å². The van der Waals surface area contributed by atoms with Crippen molar-refractivity contribution in [1.29, 1.82) is 0 Å². The van der Waals surface area contributed by atoms with Gasteiger partial charge in [0.1, 0.15) is 0 Å². The second-order valence-electron chi connectivity index (χ2n) is 8.81. The first kappa shape index (κ1) is 21.1. The molecule has 1 aliphatic carbocycles. The Morgan fingerprint density at radius 3 is 2.75 bits per heavy atom. The molecule has 1 heterocycles. The Balaban J connectivity index is 1.82. The molecular weight excluding hydrogens is 357 g/mol. The predicted octanol–water partition coefficient (Wildman–Crippen LogP) is 7.27. The van der Waals surface area contributed by atoms with Gasteiger partial charge in [0.25, 0.3) is 0 Å². The van der Waals surface area contributed by atoms with E-state index in [1.807, 2.05) is 0 Å². The third-order valence-electron chi connectivity index (χ3n) is 6.39. The van der Waals surface area contributed by atoms with E-state index in [-0.39, 0.29) is 7.92 Å². The molecule has 0 aromatic heterocycles. The monoisotopic (exact) mass is 393 g/mol. The standard InChI is InChI=1S/C26H36NP/c1-7-21-15-24-13-14-28(26(24,6)16-22(21)8-2)18-23-11-9-10-12-25(23)20(5)27-17-19(3)4/h8-12,15,19,27H,2,5,7,13-14,16-18H2,1,3-4,6H3. The maximum Gasteiger partial charge on any atom is 0.0343 e. The quantitative estimate of drug-likeness (QED) is 0.458. The van der Waals surface area contributed by atoms with Crippen LogP contribution >= 0.6 is 7.92 Å². The van der Waals surface area contributed by atoms with Gasteiger partial charge in [0.15, 0.2) is 0 Å². The Morgan fingerprint density at radius 1 is 1.32 bits per heavy atom. The minimum absolute atomic E-state index is 0.0991. The fourth-order valence-corrected chi connectivity index (χ4v) is 7.76. The lowest BCUT2D eigenvalue weighted by Crippen LogP contribution is -2.25. The zero-order chi connectivity index (χ0) is 20.3. The Kier molecular flexibility index (Phi) is 6.66. The van der Waals surface area contributed by atoms with E-state index in [2.05, 4.69) is 82.6 Å². The highest BCUT2D eigenvalue weighted by Crippen LogP contribution is 2.66. The van der Waals surface area contributed by atoms with Crippen molar-refractivity contribution in [3.05, 3.63) is 77.4 Å². The lowest BCUT2D eigenvalue weighted by molar-refractivity contribution is 0.618. The lowest BCUT2D eigenvalue weighted by Gasteiger charge is -2.38. The summed E-state index contributed by atoms with van der Waals surface area (Å²) in [4.78, 5) is 0. The van der Waals surface area contributed by atoms with Gasteiger partial charge in [-0.1, -0.05) is 90.8 Å². The third kappa shape index (κ3) is 4.20. The first-order valence-corrected chi connectivity index (χ1v) is 12.4. The lowest BCUT2D eigenvalue weighted by atomic mass is 9.82. The number of rotatable bonds is 8. The molecule has 28 heavy (non-hydrogen) atoms. The van der Waals surface area contributed by atoms with Gasteiger partial charge in [-0.15, -0.1) is 0 Å². The van der Waals surface area contributed by atoms with E-state index >= 15 is 0 Å². The third-order valence-corrected chi connectivity index (χ3v) is 9.72. The van der Waals surface area contributed by atoms with Crippen LogP contribution in [-0.2, 0) is 6.16 Å². The zero-order valence-electron chi connectivity index (χ0n) is 18.1. The summed E-state index contributed by atoms with van der Waals surface area (Å²) in [5, 5.41) is 3.87. The highest BCUT2D eigenvalue weighted by Gasteiger charge is 2.44. The predicted molar refractivity (Wildman–Crippen MR) is 127 cm³/mol. The van der Waals surface area contributed by atoms with Crippen LogP contribution in [0.1, 0.15) is 58.1 Å². The zero-order valence-corrected chi connectivity index (χ0v) is 19.0. The molecule has 1 saturated heterocycles. The van der Waals surface area contributed by atoms with Crippen molar-refractivity contribution in [2.75, 3.05) is 12.7 Å². The van der Waals surface area contributed by atoms with Crippen LogP contribution in [0.4, 0.5) is 0 Å². The molecular formula is C26H36NP. The van der Waals surface area contributed by atoms with Gasteiger partial charge in [-0.2, -0.15) is 0 Å². The van der Waals surface area contributed by atoms with Gasteiger partial charge < -0.3 is 5.32 Å². The Morgan fingerprint density at radius 2 is 2.07 bits per heavy atom. The molecule has 1 aromatic carbocycles.